The maximum Gasteiger partial charge on any atom is 0.198 e. The quantitative estimate of drug-likeness (QED) is 0.641. The summed E-state index contributed by atoms with van der Waals surface area (Å²) in [6, 6.07) is 9.30. The minimum absolute atomic E-state index is 0.305. The largest absolute Gasteiger partial charge is 0.354 e. The van der Waals surface area contributed by atoms with Gasteiger partial charge in [0.2, 0.25) is 0 Å². The highest BCUT2D eigenvalue weighted by atomic mass is 15.3. The second kappa shape index (κ2) is 5.42. The van der Waals surface area contributed by atoms with Crippen LogP contribution in [0.1, 0.15) is 33.3 Å². The van der Waals surface area contributed by atoms with Crippen LogP contribution in [-0.2, 0) is 6.42 Å². The highest BCUT2D eigenvalue weighted by molar-refractivity contribution is 5.98. The molecular weight excluding hydrogens is 222 g/mol. The van der Waals surface area contributed by atoms with Gasteiger partial charge in [-0.3, -0.25) is 4.99 Å². The molecule has 0 amide bonds. The number of hydrogen-bond acceptors (Lipinski definition) is 1. The monoisotopic (exact) mass is 245 g/mol. The fraction of sp³-hybridized carbons (Fsp3) is 0.533. The average molecular weight is 245 g/mol. The minimum Gasteiger partial charge on any atom is -0.354 e. The number of para-hydroxylation sites is 1. The summed E-state index contributed by atoms with van der Waals surface area (Å²) in [5, 5.41) is 3.47. The molecule has 2 rings (SSSR count). The van der Waals surface area contributed by atoms with Crippen molar-refractivity contribution in [2.24, 2.45) is 4.99 Å². The maximum atomic E-state index is 4.73. The Hall–Kier alpha value is -1.51. The summed E-state index contributed by atoms with van der Waals surface area (Å²) >= 11 is 0. The molecule has 0 radical (unpaired) electrons. The van der Waals surface area contributed by atoms with Gasteiger partial charge in [-0.2, -0.15) is 0 Å². The molecule has 98 valence electrons. The molecule has 0 atom stereocenters. The van der Waals surface area contributed by atoms with Gasteiger partial charge in [0, 0.05) is 24.3 Å². The van der Waals surface area contributed by atoms with Crippen molar-refractivity contribution in [3.63, 3.8) is 0 Å². The number of guanidine groups is 1. The number of hydrogen-bond donors (Lipinski definition) is 1. The summed E-state index contributed by atoms with van der Waals surface area (Å²) in [7, 11) is 0. The van der Waals surface area contributed by atoms with Crippen molar-refractivity contribution in [3.8, 4) is 0 Å². The Morgan fingerprint density at radius 3 is 2.61 bits per heavy atom. The van der Waals surface area contributed by atoms with Crippen molar-refractivity contribution in [2.45, 2.75) is 46.2 Å². The summed E-state index contributed by atoms with van der Waals surface area (Å²) in [4.78, 5) is 7.03. The summed E-state index contributed by atoms with van der Waals surface area (Å²) in [6.07, 6.45) is 1.10. The fourth-order valence-corrected chi connectivity index (χ4v) is 2.25. The molecule has 1 aliphatic heterocycles. The molecule has 1 aromatic carbocycles. The van der Waals surface area contributed by atoms with Gasteiger partial charge in [0.25, 0.3) is 0 Å². The molecule has 1 heterocycles. The van der Waals surface area contributed by atoms with Crippen molar-refractivity contribution < 1.29 is 0 Å². The maximum absolute atomic E-state index is 4.73. The Morgan fingerprint density at radius 1 is 1.22 bits per heavy atom. The van der Waals surface area contributed by atoms with Gasteiger partial charge in [0.15, 0.2) is 5.96 Å². The molecule has 0 aliphatic carbocycles. The van der Waals surface area contributed by atoms with E-state index in [0.29, 0.717) is 12.1 Å². The molecule has 0 unspecified atom stereocenters. The summed E-state index contributed by atoms with van der Waals surface area (Å²) in [6.45, 7) is 9.55. The van der Waals surface area contributed by atoms with Gasteiger partial charge in [-0.25, -0.2) is 0 Å². The van der Waals surface area contributed by atoms with E-state index in [0.717, 1.165) is 18.9 Å². The Morgan fingerprint density at radius 2 is 1.94 bits per heavy atom. The van der Waals surface area contributed by atoms with Gasteiger partial charge in [0.05, 0.1) is 0 Å². The summed E-state index contributed by atoms with van der Waals surface area (Å²) < 4.78 is 0. The van der Waals surface area contributed by atoms with Gasteiger partial charge >= 0.3 is 0 Å². The number of benzene rings is 1. The van der Waals surface area contributed by atoms with E-state index in [-0.39, 0.29) is 0 Å². The van der Waals surface area contributed by atoms with Crippen molar-refractivity contribution >= 4 is 11.6 Å². The van der Waals surface area contributed by atoms with E-state index in [4.69, 9.17) is 4.99 Å². The van der Waals surface area contributed by atoms with E-state index in [1.807, 2.05) is 0 Å². The van der Waals surface area contributed by atoms with Crippen LogP contribution in [-0.4, -0.2) is 24.6 Å². The lowest BCUT2D eigenvalue weighted by molar-refractivity contribution is 0.704. The lowest BCUT2D eigenvalue weighted by Crippen LogP contribution is -2.44. The second-order valence-corrected chi connectivity index (χ2v) is 5.38. The summed E-state index contributed by atoms with van der Waals surface area (Å²) in [5.41, 5.74) is 2.71. The topological polar surface area (TPSA) is 27.6 Å². The second-order valence-electron chi connectivity index (χ2n) is 5.38. The molecule has 0 saturated heterocycles. The SMILES string of the molecule is CC(C)N=C(NC(C)C)N1CCc2ccccc21. The number of rotatable bonds is 2. The third kappa shape index (κ3) is 2.84. The predicted octanol–water partition coefficient (Wildman–Crippen LogP) is 2.81. The zero-order valence-corrected chi connectivity index (χ0v) is 11.8. The number of nitrogens with one attached hydrogen (secondary N) is 1. The Bertz CT molecular complexity index is 435. The van der Waals surface area contributed by atoms with Crippen LogP contribution in [0.25, 0.3) is 0 Å². The third-order valence-electron chi connectivity index (χ3n) is 2.94. The van der Waals surface area contributed by atoms with Crippen LogP contribution in [0.3, 0.4) is 0 Å². The zero-order valence-electron chi connectivity index (χ0n) is 11.8. The first-order valence-corrected chi connectivity index (χ1v) is 6.77. The first-order valence-electron chi connectivity index (χ1n) is 6.77. The predicted molar refractivity (Wildman–Crippen MR) is 78.3 cm³/mol. The molecule has 3 nitrogen and oxygen atoms in total. The first-order chi connectivity index (χ1) is 8.58. The van der Waals surface area contributed by atoms with Gasteiger partial charge < -0.3 is 10.2 Å². The van der Waals surface area contributed by atoms with Crippen molar-refractivity contribution in [3.05, 3.63) is 29.8 Å². The zero-order chi connectivity index (χ0) is 13.1. The van der Waals surface area contributed by atoms with Gasteiger partial charge in [-0.1, -0.05) is 18.2 Å². The highest BCUT2D eigenvalue weighted by Gasteiger charge is 2.23. The Balaban J connectivity index is 2.28. The summed E-state index contributed by atoms with van der Waals surface area (Å²) in [5.74, 6) is 1.00. The first kappa shape index (κ1) is 12.9. The van der Waals surface area contributed by atoms with Crippen molar-refractivity contribution in [1.82, 2.24) is 5.32 Å². The van der Waals surface area contributed by atoms with Crippen LogP contribution in [0.4, 0.5) is 5.69 Å². The van der Waals surface area contributed by atoms with E-state index >= 15 is 0 Å². The number of anilines is 1. The lowest BCUT2D eigenvalue weighted by atomic mass is 10.2. The van der Waals surface area contributed by atoms with E-state index in [2.05, 4.69) is 62.2 Å². The molecule has 1 aromatic rings. The van der Waals surface area contributed by atoms with Crippen LogP contribution in [0.15, 0.2) is 29.3 Å². The molecule has 0 saturated carbocycles. The molecule has 1 N–H and O–H groups in total. The van der Waals surface area contributed by atoms with Crippen LogP contribution >= 0.6 is 0 Å². The fourth-order valence-electron chi connectivity index (χ4n) is 2.25. The number of aliphatic imine (C=N–C) groups is 1. The van der Waals surface area contributed by atoms with Crippen LogP contribution in [0.5, 0.6) is 0 Å². The van der Waals surface area contributed by atoms with Crippen molar-refractivity contribution in [2.75, 3.05) is 11.4 Å². The highest BCUT2D eigenvalue weighted by Crippen LogP contribution is 2.27. The molecule has 0 bridgehead atoms. The molecule has 0 spiro atoms. The minimum atomic E-state index is 0.305. The van der Waals surface area contributed by atoms with Gasteiger partial charge in [0.1, 0.15) is 0 Å². The number of nitrogens with zero attached hydrogens (tertiary/aromatic N) is 2. The van der Waals surface area contributed by atoms with E-state index in [1.165, 1.54) is 11.3 Å². The van der Waals surface area contributed by atoms with Crippen LogP contribution in [0, 0.1) is 0 Å². The molecule has 3 heteroatoms. The molecular formula is C15H23N3. The van der Waals surface area contributed by atoms with Crippen LogP contribution < -0.4 is 10.2 Å². The average Bonchev–Trinajstić information content (AvgIpc) is 2.70. The third-order valence-corrected chi connectivity index (χ3v) is 2.94. The van der Waals surface area contributed by atoms with Crippen molar-refractivity contribution in [1.29, 1.82) is 0 Å². The standard InChI is InChI=1S/C15H23N3/c1-11(2)16-15(17-12(3)4)18-10-9-13-7-5-6-8-14(13)18/h5-8,11-12H,9-10H2,1-4H3,(H,16,17). The van der Waals surface area contributed by atoms with Gasteiger partial charge in [-0.15, -0.1) is 0 Å². The Labute approximate surface area is 110 Å². The molecule has 1 aliphatic rings. The van der Waals surface area contributed by atoms with Crippen LogP contribution in [0.2, 0.25) is 0 Å². The molecule has 0 fully saturated rings. The normalized spacial score (nSPS) is 15.4. The number of fused-ring (bicyclic) bond motifs is 1. The van der Waals surface area contributed by atoms with E-state index < -0.39 is 0 Å². The lowest BCUT2D eigenvalue weighted by Gasteiger charge is -2.25. The van der Waals surface area contributed by atoms with Gasteiger partial charge in [-0.05, 0) is 45.7 Å². The molecule has 18 heavy (non-hydrogen) atoms. The van der Waals surface area contributed by atoms with E-state index in [1.54, 1.807) is 0 Å². The molecule has 0 aromatic heterocycles. The Kier molecular flexibility index (Phi) is 3.90. The van der Waals surface area contributed by atoms with E-state index in [9.17, 15) is 0 Å². The smallest absolute Gasteiger partial charge is 0.198 e.